The number of carbonyl (C=O) groups is 2. The van der Waals surface area contributed by atoms with Gasteiger partial charge in [0, 0.05) is 11.2 Å². The summed E-state index contributed by atoms with van der Waals surface area (Å²) in [6.07, 6.45) is 10.5. The second kappa shape index (κ2) is 9.19. The standard InChI is InChI=1S/C21H25N3O3S/c1-14-9-16(7-8-19(14)28(2)27)18(10-15-5-3-4-6-15)21(26)24-20-12-22-17(13-25)11-23-20/h7-9,11-13,15,18H,3-6,10H2,1-2H3,(H,23,24,26). The van der Waals surface area contributed by atoms with E-state index in [2.05, 4.69) is 15.3 Å². The number of aromatic nitrogens is 2. The number of anilines is 1. The summed E-state index contributed by atoms with van der Waals surface area (Å²) in [6.45, 7) is 1.92. The number of amides is 1. The first-order valence-electron chi connectivity index (χ1n) is 9.50. The predicted octanol–water partition coefficient (Wildman–Crippen LogP) is 3.64. The van der Waals surface area contributed by atoms with Crippen LogP contribution < -0.4 is 5.32 Å². The van der Waals surface area contributed by atoms with Gasteiger partial charge in [0.15, 0.2) is 12.1 Å². The SMILES string of the molecule is Cc1cc(C(CC2CCCC2)C(=O)Nc2cnc(C=O)cn2)ccc1S(C)=O. The summed E-state index contributed by atoms with van der Waals surface area (Å²) >= 11 is 0. The van der Waals surface area contributed by atoms with Crippen molar-refractivity contribution in [3.63, 3.8) is 0 Å². The fraction of sp³-hybridized carbons (Fsp3) is 0.429. The van der Waals surface area contributed by atoms with Crippen LogP contribution in [0.3, 0.4) is 0 Å². The number of carbonyl (C=O) groups excluding carboxylic acids is 2. The Balaban J connectivity index is 1.84. The Morgan fingerprint density at radius 3 is 2.61 bits per heavy atom. The highest BCUT2D eigenvalue weighted by atomic mass is 32.2. The topological polar surface area (TPSA) is 89.0 Å². The molecule has 1 aromatic heterocycles. The van der Waals surface area contributed by atoms with Gasteiger partial charge in [-0.1, -0.05) is 37.8 Å². The van der Waals surface area contributed by atoms with Crippen molar-refractivity contribution in [2.24, 2.45) is 5.92 Å². The Bertz CT molecular complexity index is 877. The maximum Gasteiger partial charge on any atom is 0.233 e. The summed E-state index contributed by atoms with van der Waals surface area (Å²) in [5.41, 5.74) is 2.07. The van der Waals surface area contributed by atoms with Crippen molar-refractivity contribution in [1.29, 1.82) is 0 Å². The van der Waals surface area contributed by atoms with Gasteiger partial charge in [-0.05, 0) is 36.5 Å². The summed E-state index contributed by atoms with van der Waals surface area (Å²) < 4.78 is 11.8. The van der Waals surface area contributed by atoms with Crippen LogP contribution in [0.1, 0.15) is 59.6 Å². The zero-order valence-electron chi connectivity index (χ0n) is 16.2. The molecule has 1 amide bonds. The number of rotatable bonds is 7. The van der Waals surface area contributed by atoms with Crippen molar-refractivity contribution in [2.75, 3.05) is 11.6 Å². The minimum Gasteiger partial charge on any atom is -0.309 e. The van der Waals surface area contributed by atoms with Gasteiger partial charge in [0.05, 0.1) is 29.1 Å². The van der Waals surface area contributed by atoms with Crippen LogP contribution >= 0.6 is 0 Å². The molecule has 0 bridgehead atoms. The predicted molar refractivity (Wildman–Crippen MR) is 109 cm³/mol. The van der Waals surface area contributed by atoms with E-state index >= 15 is 0 Å². The van der Waals surface area contributed by atoms with E-state index in [0.29, 0.717) is 18.0 Å². The number of hydrogen-bond donors (Lipinski definition) is 1. The molecule has 2 unspecified atom stereocenters. The van der Waals surface area contributed by atoms with Crippen molar-refractivity contribution in [3.05, 3.63) is 47.4 Å². The molecule has 7 heteroatoms. The largest absolute Gasteiger partial charge is 0.309 e. The first kappa shape index (κ1) is 20.3. The molecule has 0 spiro atoms. The van der Waals surface area contributed by atoms with Crippen LogP contribution in [0.4, 0.5) is 5.82 Å². The number of aryl methyl sites for hydroxylation is 1. The molecule has 28 heavy (non-hydrogen) atoms. The molecule has 1 aromatic carbocycles. The van der Waals surface area contributed by atoms with E-state index in [-0.39, 0.29) is 17.5 Å². The third kappa shape index (κ3) is 4.90. The zero-order valence-corrected chi connectivity index (χ0v) is 17.0. The summed E-state index contributed by atoms with van der Waals surface area (Å²) in [6, 6.07) is 5.73. The molecular weight excluding hydrogens is 374 g/mol. The second-order valence-electron chi connectivity index (χ2n) is 7.35. The first-order valence-corrected chi connectivity index (χ1v) is 11.1. The van der Waals surface area contributed by atoms with Crippen LogP contribution in [0, 0.1) is 12.8 Å². The van der Waals surface area contributed by atoms with Gasteiger partial charge in [-0.15, -0.1) is 0 Å². The fourth-order valence-electron chi connectivity index (χ4n) is 3.86. The normalized spacial score (nSPS) is 16.5. The van der Waals surface area contributed by atoms with Crippen LogP contribution in [0.5, 0.6) is 0 Å². The van der Waals surface area contributed by atoms with Gasteiger partial charge in [-0.3, -0.25) is 13.8 Å². The summed E-state index contributed by atoms with van der Waals surface area (Å²) in [5, 5.41) is 2.83. The molecule has 3 rings (SSSR count). The average molecular weight is 400 g/mol. The molecule has 2 atom stereocenters. The van der Waals surface area contributed by atoms with Crippen LogP contribution in [0.25, 0.3) is 0 Å². The minimum absolute atomic E-state index is 0.134. The minimum atomic E-state index is -1.06. The molecule has 1 aliphatic rings. The van der Waals surface area contributed by atoms with Gasteiger partial charge in [0.1, 0.15) is 5.69 Å². The van der Waals surface area contributed by atoms with Gasteiger partial charge in [0.2, 0.25) is 5.91 Å². The lowest BCUT2D eigenvalue weighted by Crippen LogP contribution is -2.24. The van der Waals surface area contributed by atoms with E-state index in [4.69, 9.17) is 0 Å². The highest BCUT2D eigenvalue weighted by Gasteiger charge is 2.27. The number of hydrogen-bond acceptors (Lipinski definition) is 5. The van der Waals surface area contributed by atoms with Crippen LogP contribution in [-0.2, 0) is 15.6 Å². The Morgan fingerprint density at radius 1 is 1.29 bits per heavy atom. The van der Waals surface area contributed by atoms with Gasteiger partial charge in [-0.25, -0.2) is 9.97 Å². The number of benzene rings is 1. The monoisotopic (exact) mass is 399 g/mol. The molecule has 1 heterocycles. The Labute approximate surface area is 167 Å². The van der Waals surface area contributed by atoms with Gasteiger partial charge >= 0.3 is 0 Å². The summed E-state index contributed by atoms with van der Waals surface area (Å²) in [4.78, 5) is 32.6. The molecule has 0 saturated heterocycles. The van der Waals surface area contributed by atoms with Gasteiger partial charge in [-0.2, -0.15) is 0 Å². The highest BCUT2D eigenvalue weighted by Crippen LogP contribution is 2.35. The smallest absolute Gasteiger partial charge is 0.233 e. The average Bonchev–Trinajstić information content (AvgIpc) is 3.19. The lowest BCUT2D eigenvalue weighted by Gasteiger charge is -2.21. The van der Waals surface area contributed by atoms with Crippen molar-refractivity contribution < 1.29 is 13.8 Å². The molecule has 1 fully saturated rings. The first-order chi connectivity index (χ1) is 13.5. The Morgan fingerprint density at radius 2 is 2.04 bits per heavy atom. The Kier molecular flexibility index (Phi) is 6.67. The number of nitrogens with one attached hydrogen (secondary N) is 1. The number of nitrogens with zero attached hydrogens (tertiary/aromatic N) is 2. The van der Waals surface area contributed by atoms with Crippen molar-refractivity contribution >= 4 is 28.8 Å². The molecule has 1 N–H and O–H groups in total. The molecular formula is C21H25N3O3S. The third-order valence-corrected chi connectivity index (χ3v) is 6.39. The van der Waals surface area contributed by atoms with Gasteiger partial charge < -0.3 is 5.32 Å². The van der Waals surface area contributed by atoms with E-state index in [9.17, 15) is 13.8 Å². The molecule has 6 nitrogen and oxygen atoms in total. The van der Waals surface area contributed by atoms with Crippen LogP contribution in [0.2, 0.25) is 0 Å². The second-order valence-corrected chi connectivity index (χ2v) is 8.70. The van der Waals surface area contributed by atoms with Crippen molar-refractivity contribution in [2.45, 2.75) is 49.8 Å². The maximum atomic E-state index is 13.1. The van der Waals surface area contributed by atoms with Crippen LogP contribution in [-0.4, -0.2) is 32.6 Å². The molecule has 1 saturated carbocycles. The third-order valence-electron chi connectivity index (χ3n) is 5.32. The molecule has 148 valence electrons. The van der Waals surface area contributed by atoms with Crippen molar-refractivity contribution in [1.82, 2.24) is 9.97 Å². The van der Waals surface area contributed by atoms with E-state index in [1.54, 1.807) is 6.26 Å². The summed E-state index contributed by atoms with van der Waals surface area (Å²) in [5.74, 6) is 0.410. The van der Waals surface area contributed by atoms with E-state index in [1.807, 2.05) is 25.1 Å². The Hall–Kier alpha value is -2.41. The molecule has 2 aromatic rings. The van der Waals surface area contributed by atoms with Gasteiger partial charge in [0.25, 0.3) is 0 Å². The molecule has 0 aliphatic heterocycles. The van der Waals surface area contributed by atoms with Crippen LogP contribution in [0.15, 0.2) is 35.5 Å². The molecule has 0 radical (unpaired) electrons. The van der Waals surface area contributed by atoms with E-state index < -0.39 is 10.8 Å². The maximum absolute atomic E-state index is 13.1. The zero-order chi connectivity index (χ0) is 20.1. The highest BCUT2D eigenvalue weighted by molar-refractivity contribution is 7.84. The number of aldehydes is 1. The summed E-state index contributed by atoms with van der Waals surface area (Å²) in [7, 11) is -1.06. The lowest BCUT2D eigenvalue weighted by molar-refractivity contribution is -0.118. The fourth-order valence-corrected chi connectivity index (χ4v) is 4.63. The molecule has 1 aliphatic carbocycles. The van der Waals surface area contributed by atoms with Crippen molar-refractivity contribution in [3.8, 4) is 0 Å². The van der Waals surface area contributed by atoms with E-state index in [1.165, 1.54) is 25.2 Å². The van der Waals surface area contributed by atoms with E-state index in [0.717, 1.165) is 35.3 Å². The lowest BCUT2D eigenvalue weighted by atomic mass is 9.86. The quantitative estimate of drug-likeness (QED) is 0.718.